The van der Waals surface area contributed by atoms with Crippen molar-refractivity contribution in [1.29, 1.82) is 0 Å². The topological polar surface area (TPSA) is 32.3 Å². The van der Waals surface area contributed by atoms with Crippen molar-refractivity contribution in [2.45, 2.75) is 38.8 Å². The number of carbonyl (C=O) groups is 1. The molecule has 0 aromatic heterocycles. The Labute approximate surface area is 97.0 Å². The summed E-state index contributed by atoms with van der Waals surface area (Å²) in [5.41, 5.74) is 0. The molecule has 1 fully saturated rings. The highest BCUT2D eigenvalue weighted by Crippen LogP contribution is 2.16. The average Bonchev–Trinajstić information content (AvgIpc) is 2.26. The van der Waals surface area contributed by atoms with Crippen molar-refractivity contribution in [1.82, 2.24) is 10.2 Å². The molecule has 0 saturated carbocycles. The molecular weight excluding hydrogens is 208 g/mol. The van der Waals surface area contributed by atoms with E-state index < -0.39 is 0 Å². The minimum absolute atomic E-state index is 0.195. The van der Waals surface area contributed by atoms with Gasteiger partial charge in [0.2, 0.25) is 5.91 Å². The van der Waals surface area contributed by atoms with E-state index >= 15 is 0 Å². The van der Waals surface area contributed by atoms with Gasteiger partial charge in [0, 0.05) is 24.9 Å². The van der Waals surface area contributed by atoms with E-state index in [9.17, 15) is 4.79 Å². The van der Waals surface area contributed by atoms with Crippen LogP contribution in [0.4, 0.5) is 0 Å². The Morgan fingerprint density at radius 2 is 2.33 bits per heavy atom. The number of rotatable bonds is 4. The van der Waals surface area contributed by atoms with E-state index in [4.69, 9.17) is 0 Å². The molecule has 0 radical (unpaired) electrons. The average molecular weight is 230 g/mol. The van der Waals surface area contributed by atoms with Crippen LogP contribution < -0.4 is 5.32 Å². The molecule has 1 heterocycles. The van der Waals surface area contributed by atoms with Crippen LogP contribution in [0.3, 0.4) is 0 Å². The molecule has 0 aromatic carbocycles. The second kappa shape index (κ2) is 6.38. The van der Waals surface area contributed by atoms with E-state index in [-0.39, 0.29) is 5.91 Å². The van der Waals surface area contributed by atoms with Crippen LogP contribution in [-0.4, -0.2) is 48.0 Å². The van der Waals surface area contributed by atoms with Gasteiger partial charge in [-0.2, -0.15) is 11.8 Å². The zero-order valence-corrected chi connectivity index (χ0v) is 10.8. The molecule has 0 bridgehead atoms. The summed E-state index contributed by atoms with van der Waals surface area (Å²) < 4.78 is 0. The third-order valence-electron chi connectivity index (χ3n) is 2.87. The lowest BCUT2D eigenvalue weighted by Crippen LogP contribution is -2.44. The molecule has 1 saturated heterocycles. The van der Waals surface area contributed by atoms with E-state index in [1.807, 2.05) is 32.7 Å². The van der Waals surface area contributed by atoms with Gasteiger partial charge in [-0.15, -0.1) is 0 Å². The first-order chi connectivity index (χ1) is 7.11. The second-order valence-electron chi connectivity index (χ2n) is 4.39. The minimum atomic E-state index is 0.195. The molecule has 3 nitrogen and oxygen atoms in total. The molecule has 1 atom stereocenters. The lowest BCUT2D eigenvalue weighted by Gasteiger charge is -2.25. The smallest absolute Gasteiger partial charge is 0.236 e. The minimum Gasteiger partial charge on any atom is -0.342 e. The van der Waals surface area contributed by atoms with Crippen LogP contribution in [0, 0.1) is 0 Å². The summed E-state index contributed by atoms with van der Waals surface area (Å²) in [7, 11) is 1.87. The predicted octanol–water partition coefficient (Wildman–Crippen LogP) is 1.34. The van der Waals surface area contributed by atoms with E-state index in [1.165, 1.54) is 18.6 Å². The summed E-state index contributed by atoms with van der Waals surface area (Å²) in [5.74, 6) is 2.62. The largest absolute Gasteiger partial charge is 0.342 e. The number of nitrogens with one attached hydrogen (secondary N) is 1. The Morgan fingerprint density at radius 1 is 1.60 bits per heavy atom. The van der Waals surface area contributed by atoms with Gasteiger partial charge in [0.05, 0.1) is 6.54 Å². The molecule has 15 heavy (non-hydrogen) atoms. The fourth-order valence-corrected chi connectivity index (χ4v) is 2.65. The highest BCUT2D eigenvalue weighted by Gasteiger charge is 2.16. The van der Waals surface area contributed by atoms with Gasteiger partial charge in [-0.1, -0.05) is 0 Å². The van der Waals surface area contributed by atoms with Crippen LogP contribution in [0.5, 0.6) is 0 Å². The summed E-state index contributed by atoms with van der Waals surface area (Å²) in [6.07, 6.45) is 2.49. The summed E-state index contributed by atoms with van der Waals surface area (Å²) in [6, 6.07) is 0.827. The molecule has 0 aliphatic carbocycles. The SMILES string of the molecule is CC(C)N(C)C(=O)CNC1CCCSC1. The lowest BCUT2D eigenvalue weighted by atomic mass is 10.2. The molecule has 1 unspecified atom stereocenters. The van der Waals surface area contributed by atoms with Crippen LogP contribution in [0.15, 0.2) is 0 Å². The first-order valence-corrected chi connectivity index (χ1v) is 6.83. The molecule has 0 aromatic rings. The standard InChI is InChI=1S/C11H22N2OS/c1-9(2)13(3)11(14)7-12-10-5-4-6-15-8-10/h9-10,12H,4-8H2,1-3H3. The Kier molecular flexibility index (Phi) is 5.47. The number of carbonyl (C=O) groups excluding carboxylic acids is 1. The Morgan fingerprint density at radius 3 is 2.87 bits per heavy atom. The van der Waals surface area contributed by atoms with Gasteiger partial charge >= 0.3 is 0 Å². The quantitative estimate of drug-likeness (QED) is 0.791. The van der Waals surface area contributed by atoms with E-state index in [0.717, 1.165) is 5.75 Å². The van der Waals surface area contributed by atoms with Gasteiger partial charge in [0.1, 0.15) is 0 Å². The van der Waals surface area contributed by atoms with Crippen molar-refractivity contribution in [3.63, 3.8) is 0 Å². The van der Waals surface area contributed by atoms with Gasteiger partial charge in [-0.25, -0.2) is 0 Å². The molecule has 1 amide bonds. The first-order valence-electron chi connectivity index (χ1n) is 5.68. The van der Waals surface area contributed by atoms with Gasteiger partial charge in [-0.05, 0) is 32.4 Å². The van der Waals surface area contributed by atoms with Crippen molar-refractivity contribution in [3.05, 3.63) is 0 Å². The number of amides is 1. The molecule has 88 valence electrons. The van der Waals surface area contributed by atoms with Crippen molar-refractivity contribution in [2.24, 2.45) is 0 Å². The third kappa shape index (κ3) is 4.43. The highest BCUT2D eigenvalue weighted by atomic mass is 32.2. The fourth-order valence-electron chi connectivity index (χ4n) is 1.55. The van der Waals surface area contributed by atoms with Crippen LogP contribution in [0.25, 0.3) is 0 Å². The van der Waals surface area contributed by atoms with Gasteiger partial charge < -0.3 is 10.2 Å². The van der Waals surface area contributed by atoms with Crippen LogP contribution in [0.2, 0.25) is 0 Å². The molecule has 1 aliphatic rings. The molecule has 1 N–H and O–H groups in total. The maximum Gasteiger partial charge on any atom is 0.236 e. The molecule has 4 heteroatoms. The van der Waals surface area contributed by atoms with Crippen molar-refractivity contribution >= 4 is 17.7 Å². The number of hydrogen-bond donors (Lipinski definition) is 1. The summed E-state index contributed by atoms with van der Waals surface area (Å²) in [5, 5.41) is 3.35. The Balaban J connectivity index is 2.20. The number of thioether (sulfide) groups is 1. The van der Waals surface area contributed by atoms with Gasteiger partial charge in [-0.3, -0.25) is 4.79 Å². The van der Waals surface area contributed by atoms with E-state index in [2.05, 4.69) is 5.32 Å². The lowest BCUT2D eigenvalue weighted by molar-refractivity contribution is -0.130. The summed E-state index contributed by atoms with van der Waals surface area (Å²) in [4.78, 5) is 13.5. The van der Waals surface area contributed by atoms with Crippen molar-refractivity contribution in [2.75, 3.05) is 25.1 Å². The Hall–Kier alpha value is -0.220. The number of nitrogens with zero attached hydrogens (tertiary/aromatic N) is 1. The van der Waals surface area contributed by atoms with Gasteiger partial charge in [0.25, 0.3) is 0 Å². The molecular formula is C11H22N2OS. The fraction of sp³-hybridized carbons (Fsp3) is 0.909. The van der Waals surface area contributed by atoms with E-state index in [0.29, 0.717) is 18.6 Å². The van der Waals surface area contributed by atoms with Crippen LogP contribution in [0.1, 0.15) is 26.7 Å². The number of likely N-dealkylation sites (N-methyl/N-ethyl adjacent to an activating group) is 1. The van der Waals surface area contributed by atoms with Crippen LogP contribution >= 0.6 is 11.8 Å². The summed E-state index contributed by atoms with van der Waals surface area (Å²) >= 11 is 1.98. The van der Waals surface area contributed by atoms with Crippen LogP contribution in [-0.2, 0) is 4.79 Å². The summed E-state index contributed by atoms with van der Waals surface area (Å²) in [6.45, 7) is 4.56. The molecule has 0 spiro atoms. The number of hydrogen-bond acceptors (Lipinski definition) is 3. The molecule has 1 aliphatic heterocycles. The second-order valence-corrected chi connectivity index (χ2v) is 5.54. The maximum absolute atomic E-state index is 11.7. The maximum atomic E-state index is 11.7. The third-order valence-corrected chi connectivity index (χ3v) is 4.09. The van der Waals surface area contributed by atoms with E-state index in [1.54, 1.807) is 4.90 Å². The normalized spacial score (nSPS) is 21.7. The Bertz CT molecular complexity index is 203. The van der Waals surface area contributed by atoms with Crippen molar-refractivity contribution < 1.29 is 4.79 Å². The van der Waals surface area contributed by atoms with Crippen molar-refractivity contribution in [3.8, 4) is 0 Å². The zero-order valence-electron chi connectivity index (χ0n) is 9.95. The monoisotopic (exact) mass is 230 g/mol. The zero-order chi connectivity index (χ0) is 11.3. The first kappa shape index (κ1) is 12.8. The highest BCUT2D eigenvalue weighted by molar-refractivity contribution is 7.99. The molecule has 1 rings (SSSR count). The predicted molar refractivity (Wildman–Crippen MR) is 66.3 cm³/mol. The van der Waals surface area contributed by atoms with Gasteiger partial charge in [0.15, 0.2) is 0 Å².